The molecule has 0 aromatic rings. The summed E-state index contributed by atoms with van der Waals surface area (Å²) in [4.78, 5) is 21.7. The Morgan fingerprint density at radius 2 is 1.87 bits per heavy atom. The van der Waals surface area contributed by atoms with Crippen LogP contribution in [0.5, 0.6) is 0 Å². The molecular weight excluding hydrogens is 214 g/mol. The third kappa shape index (κ3) is 9.27. The van der Waals surface area contributed by atoms with Crippen molar-refractivity contribution >= 4 is 20.1 Å². The maximum Gasteiger partial charge on any atom is 0.407 e. The standard InChI is InChI=1S/C9H19NO4Si/c1-13-8(11)7-10-9(12)14-5-6-15(2,3)4/h5-7H2,1-4H3,(H,10,12). The molecular formula is C9H19NO4Si. The van der Waals surface area contributed by atoms with E-state index in [0.29, 0.717) is 6.61 Å². The summed E-state index contributed by atoms with van der Waals surface area (Å²) < 4.78 is 9.25. The molecule has 0 bridgehead atoms. The van der Waals surface area contributed by atoms with E-state index in [-0.39, 0.29) is 6.54 Å². The molecule has 1 amide bonds. The maximum atomic E-state index is 11.0. The van der Waals surface area contributed by atoms with Gasteiger partial charge in [0.15, 0.2) is 0 Å². The van der Waals surface area contributed by atoms with Gasteiger partial charge in [0.1, 0.15) is 6.54 Å². The minimum atomic E-state index is -1.17. The molecule has 0 fully saturated rings. The smallest absolute Gasteiger partial charge is 0.407 e. The van der Waals surface area contributed by atoms with Gasteiger partial charge in [0.2, 0.25) is 0 Å². The molecule has 0 aromatic heterocycles. The highest BCUT2D eigenvalue weighted by Crippen LogP contribution is 2.07. The molecule has 0 rings (SSSR count). The predicted molar refractivity (Wildman–Crippen MR) is 59.5 cm³/mol. The normalized spacial score (nSPS) is 10.7. The van der Waals surface area contributed by atoms with Crippen molar-refractivity contribution in [2.75, 3.05) is 20.3 Å². The van der Waals surface area contributed by atoms with E-state index < -0.39 is 20.1 Å². The summed E-state index contributed by atoms with van der Waals surface area (Å²) in [6.07, 6.45) is -0.571. The Morgan fingerprint density at radius 3 is 2.33 bits per heavy atom. The van der Waals surface area contributed by atoms with Crippen LogP contribution in [0.4, 0.5) is 4.79 Å². The van der Waals surface area contributed by atoms with Gasteiger partial charge in [-0.2, -0.15) is 0 Å². The summed E-state index contributed by atoms with van der Waals surface area (Å²) >= 11 is 0. The van der Waals surface area contributed by atoms with E-state index >= 15 is 0 Å². The zero-order chi connectivity index (χ0) is 11.9. The first-order chi connectivity index (χ1) is 6.85. The van der Waals surface area contributed by atoms with Crippen molar-refractivity contribution in [1.82, 2.24) is 5.32 Å². The lowest BCUT2D eigenvalue weighted by molar-refractivity contribution is -0.139. The van der Waals surface area contributed by atoms with Crippen LogP contribution in [0.15, 0.2) is 0 Å². The number of carbonyl (C=O) groups excluding carboxylic acids is 2. The Labute approximate surface area is 91.1 Å². The number of amides is 1. The van der Waals surface area contributed by atoms with E-state index in [1.54, 1.807) is 0 Å². The molecule has 0 unspecified atom stereocenters. The third-order valence-corrected chi connectivity index (χ3v) is 3.39. The highest BCUT2D eigenvalue weighted by Gasteiger charge is 2.14. The molecule has 6 heteroatoms. The van der Waals surface area contributed by atoms with Crippen LogP contribution in [0, 0.1) is 0 Å². The Balaban J connectivity index is 3.54. The van der Waals surface area contributed by atoms with Crippen molar-refractivity contribution in [2.45, 2.75) is 25.7 Å². The maximum absolute atomic E-state index is 11.0. The van der Waals surface area contributed by atoms with Gasteiger partial charge in [-0.1, -0.05) is 19.6 Å². The van der Waals surface area contributed by atoms with Crippen LogP contribution >= 0.6 is 0 Å². The van der Waals surface area contributed by atoms with Gasteiger partial charge < -0.3 is 14.8 Å². The quantitative estimate of drug-likeness (QED) is 0.573. The molecule has 0 atom stereocenters. The lowest BCUT2D eigenvalue weighted by Gasteiger charge is -2.15. The van der Waals surface area contributed by atoms with Gasteiger partial charge in [-0.3, -0.25) is 4.79 Å². The molecule has 1 N–H and O–H groups in total. The Bertz CT molecular complexity index is 225. The number of alkyl carbamates (subject to hydrolysis) is 1. The summed E-state index contributed by atoms with van der Waals surface area (Å²) in [7, 11) is 0.0921. The van der Waals surface area contributed by atoms with Gasteiger partial charge in [0.05, 0.1) is 13.7 Å². The zero-order valence-corrected chi connectivity index (χ0v) is 10.8. The molecule has 0 saturated heterocycles. The summed E-state index contributed by atoms with van der Waals surface area (Å²) in [6, 6.07) is 0.915. The van der Waals surface area contributed by atoms with Gasteiger partial charge in [-0.25, -0.2) is 4.79 Å². The van der Waals surface area contributed by atoms with Crippen LogP contribution in [-0.4, -0.2) is 40.4 Å². The van der Waals surface area contributed by atoms with Gasteiger partial charge in [-0.15, -0.1) is 0 Å². The molecule has 0 aliphatic heterocycles. The number of rotatable bonds is 5. The zero-order valence-electron chi connectivity index (χ0n) is 9.75. The predicted octanol–water partition coefficient (Wildman–Crippen LogP) is 1.22. The Hall–Kier alpha value is -1.04. The number of ether oxygens (including phenoxy) is 2. The fourth-order valence-electron chi connectivity index (χ4n) is 0.717. The second kappa shape index (κ2) is 6.44. The molecule has 88 valence electrons. The van der Waals surface area contributed by atoms with Crippen LogP contribution in [0.2, 0.25) is 25.7 Å². The first-order valence-corrected chi connectivity index (χ1v) is 8.53. The van der Waals surface area contributed by atoms with Crippen LogP contribution in [0.25, 0.3) is 0 Å². The van der Waals surface area contributed by atoms with Crippen molar-refractivity contribution in [3.8, 4) is 0 Å². The van der Waals surface area contributed by atoms with Crippen molar-refractivity contribution in [1.29, 1.82) is 0 Å². The number of hydrogen-bond acceptors (Lipinski definition) is 4. The van der Waals surface area contributed by atoms with E-state index in [0.717, 1.165) is 6.04 Å². The summed E-state index contributed by atoms with van der Waals surface area (Å²) in [5.74, 6) is -0.489. The first kappa shape index (κ1) is 14.0. The third-order valence-electron chi connectivity index (χ3n) is 1.69. The van der Waals surface area contributed by atoms with E-state index in [1.165, 1.54) is 7.11 Å². The molecule has 0 aliphatic carbocycles. The van der Waals surface area contributed by atoms with Crippen molar-refractivity contribution < 1.29 is 19.1 Å². The molecule has 0 aromatic carbocycles. The second-order valence-corrected chi connectivity index (χ2v) is 10.00. The van der Waals surface area contributed by atoms with E-state index in [9.17, 15) is 9.59 Å². The van der Waals surface area contributed by atoms with Crippen molar-refractivity contribution in [3.05, 3.63) is 0 Å². The fourth-order valence-corrected chi connectivity index (χ4v) is 1.43. The van der Waals surface area contributed by atoms with Crippen LogP contribution in [0.3, 0.4) is 0 Å². The highest BCUT2D eigenvalue weighted by atomic mass is 28.3. The average Bonchev–Trinajstić information content (AvgIpc) is 2.12. The van der Waals surface area contributed by atoms with Crippen molar-refractivity contribution in [3.63, 3.8) is 0 Å². The Morgan fingerprint density at radius 1 is 1.27 bits per heavy atom. The van der Waals surface area contributed by atoms with Gasteiger partial charge in [0, 0.05) is 8.07 Å². The van der Waals surface area contributed by atoms with E-state index in [1.807, 2.05) is 0 Å². The largest absolute Gasteiger partial charge is 0.468 e. The summed E-state index contributed by atoms with van der Waals surface area (Å²) in [6.45, 7) is 6.85. The number of hydrogen-bond donors (Lipinski definition) is 1. The molecule has 0 aliphatic rings. The van der Waals surface area contributed by atoms with Crippen LogP contribution in [0.1, 0.15) is 0 Å². The number of nitrogens with one attached hydrogen (secondary N) is 1. The van der Waals surface area contributed by atoms with Gasteiger partial charge in [0.25, 0.3) is 0 Å². The average molecular weight is 233 g/mol. The lowest BCUT2D eigenvalue weighted by Crippen LogP contribution is -2.32. The Kier molecular flexibility index (Phi) is 5.99. The van der Waals surface area contributed by atoms with Crippen LogP contribution in [-0.2, 0) is 14.3 Å². The minimum absolute atomic E-state index is 0.151. The first-order valence-electron chi connectivity index (χ1n) is 4.82. The van der Waals surface area contributed by atoms with E-state index in [2.05, 4.69) is 29.7 Å². The molecule has 15 heavy (non-hydrogen) atoms. The fraction of sp³-hybridized carbons (Fsp3) is 0.778. The number of carbonyl (C=O) groups is 2. The topological polar surface area (TPSA) is 64.6 Å². The lowest BCUT2D eigenvalue weighted by atomic mass is 10.6. The highest BCUT2D eigenvalue weighted by molar-refractivity contribution is 6.76. The van der Waals surface area contributed by atoms with Crippen molar-refractivity contribution in [2.24, 2.45) is 0 Å². The number of methoxy groups -OCH3 is 1. The summed E-state index contributed by atoms with van der Waals surface area (Å²) in [5, 5.41) is 2.30. The summed E-state index contributed by atoms with van der Waals surface area (Å²) in [5.41, 5.74) is 0. The van der Waals surface area contributed by atoms with Gasteiger partial charge in [-0.05, 0) is 6.04 Å². The van der Waals surface area contributed by atoms with E-state index in [4.69, 9.17) is 4.74 Å². The SMILES string of the molecule is COC(=O)CNC(=O)OCC[Si](C)(C)C. The molecule has 5 nitrogen and oxygen atoms in total. The molecule has 0 radical (unpaired) electrons. The van der Waals surface area contributed by atoms with Gasteiger partial charge >= 0.3 is 12.1 Å². The molecule has 0 spiro atoms. The molecule has 0 heterocycles. The van der Waals surface area contributed by atoms with Crippen LogP contribution < -0.4 is 5.32 Å². The monoisotopic (exact) mass is 233 g/mol. The number of esters is 1. The molecule has 0 saturated carbocycles. The second-order valence-electron chi connectivity index (χ2n) is 4.38. The minimum Gasteiger partial charge on any atom is -0.468 e.